The van der Waals surface area contributed by atoms with E-state index in [0.29, 0.717) is 27.1 Å². The first-order chi connectivity index (χ1) is 13.8. The lowest BCUT2D eigenvalue weighted by Crippen LogP contribution is -2.46. The van der Waals surface area contributed by atoms with E-state index in [2.05, 4.69) is 10.6 Å². The molecular weight excluding hydrogens is 431 g/mol. The summed E-state index contributed by atoms with van der Waals surface area (Å²) in [4.78, 5) is 25.8. The number of methoxy groups -OCH3 is 1. The van der Waals surface area contributed by atoms with Crippen LogP contribution in [0, 0.1) is 13.8 Å². The predicted octanol–water partition coefficient (Wildman–Crippen LogP) is 5.18. The van der Waals surface area contributed by atoms with Gasteiger partial charge in [-0.1, -0.05) is 47.0 Å². The van der Waals surface area contributed by atoms with Crippen molar-refractivity contribution in [2.24, 2.45) is 0 Å². The van der Waals surface area contributed by atoms with Gasteiger partial charge >= 0.3 is 12.0 Å². The number of hydrogen-bond donors (Lipinski definition) is 2. The van der Waals surface area contributed by atoms with Crippen LogP contribution in [0.25, 0.3) is 0 Å². The largest absolute Gasteiger partial charge is 0.466 e. The highest BCUT2D eigenvalue weighted by Crippen LogP contribution is 2.35. The Morgan fingerprint density at radius 1 is 1.17 bits per heavy atom. The maximum Gasteiger partial charge on any atom is 0.338 e. The topological polar surface area (TPSA) is 67.4 Å². The molecule has 0 aromatic heterocycles. The average Bonchev–Trinajstić information content (AvgIpc) is 2.67. The van der Waals surface area contributed by atoms with Gasteiger partial charge in [-0.3, -0.25) is 0 Å². The first-order valence-corrected chi connectivity index (χ1v) is 10.6. The first-order valence-electron chi connectivity index (χ1n) is 8.84. The molecule has 5 nitrogen and oxygen atoms in total. The van der Waals surface area contributed by atoms with E-state index in [1.54, 1.807) is 18.2 Å². The zero-order valence-electron chi connectivity index (χ0n) is 16.1. The van der Waals surface area contributed by atoms with Crippen LogP contribution >= 0.6 is 35.0 Å². The van der Waals surface area contributed by atoms with Gasteiger partial charge in [0.25, 0.3) is 0 Å². The number of halogens is 2. The highest BCUT2D eigenvalue weighted by Gasteiger charge is 2.34. The van der Waals surface area contributed by atoms with E-state index in [9.17, 15) is 9.59 Å². The number of carbonyl (C=O) groups excluding carboxylic acids is 2. The minimum Gasteiger partial charge on any atom is -0.466 e. The third-order valence-corrected chi connectivity index (χ3v) is 6.32. The molecule has 0 aliphatic carbocycles. The molecule has 2 aromatic rings. The van der Waals surface area contributed by atoms with Crippen LogP contribution in [0.15, 0.2) is 52.6 Å². The second kappa shape index (κ2) is 9.11. The lowest BCUT2D eigenvalue weighted by Gasteiger charge is -2.30. The van der Waals surface area contributed by atoms with Crippen LogP contribution in [-0.4, -0.2) is 24.9 Å². The zero-order valence-corrected chi connectivity index (χ0v) is 18.5. The van der Waals surface area contributed by atoms with Crippen LogP contribution in [-0.2, 0) is 9.53 Å². The number of urea groups is 1. The van der Waals surface area contributed by atoms with Crippen LogP contribution in [0.5, 0.6) is 0 Å². The van der Waals surface area contributed by atoms with Gasteiger partial charge in [0.05, 0.1) is 23.7 Å². The molecule has 29 heavy (non-hydrogen) atoms. The van der Waals surface area contributed by atoms with E-state index in [-0.39, 0.29) is 6.03 Å². The van der Waals surface area contributed by atoms with Crippen LogP contribution < -0.4 is 10.6 Å². The van der Waals surface area contributed by atoms with Gasteiger partial charge in [0.1, 0.15) is 0 Å². The standard InChI is InChI=1S/C21H20Cl2N2O3S/c1-11-4-6-14(12(2)8-11)19-18(20(26)28-3)16(24-21(27)25-19)10-29-17-9-13(22)5-7-15(17)23/h4-9,19H,10H2,1-3H3,(H2,24,25,27). The van der Waals surface area contributed by atoms with E-state index in [1.165, 1.54) is 18.9 Å². The fourth-order valence-corrected chi connectivity index (χ4v) is 4.67. The van der Waals surface area contributed by atoms with Gasteiger partial charge in [-0.05, 0) is 43.2 Å². The SMILES string of the molecule is COC(=O)C1=C(CSc2cc(Cl)ccc2Cl)NC(=O)NC1c1ccc(C)cc1C. The van der Waals surface area contributed by atoms with Crippen molar-refractivity contribution in [1.82, 2.24) is 10.6 Å². The Balaban J connectivity index is 2.01. The van der Waals surface area contributed by atoms with Gasteiger partial charge in [0.15, 0.2) is 0 Å². The number of esters is 1. The number of carbonyl (C=O) groups is 2. The summed E-state index contributed by atoms with van der Waals surface area (Å²) >= 11 is 13.7. The van der Waals surface area contributed by atoms with Crippen molar-refractivity contribution in [3.63, 3.8) is 0 Å². The number of amides is 2. The minimum absolute atomic E-state index is 0.319. The first kappa shape index (κ1) is 21.6. The van der Waals surface area contributed by atoms with Crippen molar-refractivity contribution in [3.05, 3.63) is 74.4 Å². The lowest BCUT2D eigenvalue weighted by atomic mass is 9.91. The monoisotopic (exact) mass is 450 g/mol. The predicted molar refractivity (Wildman–Crippen MR) is 117 cm³/mol. The van der Waals surface area contributed by atoms with E-state index in [0.717, 1.165) is 21.6 Å². The van der Waals surface area contributed by atoms with E-state index >= 15 is 0 Å². The highest BCUT2D eigenvalue weighted by molar-refractivity contribution is 7.99. The smallest absolute Gasteiger partial charge is 0.338 e. The summed E-state index contributed by atoms with van der Waals surface area (Å²) in [6.45, 7) is 3.94. The molecule has 0 spiro atoms. The fourth-order valence-electron chi connectivity index (χ4n) is 3.20. The molecule has 2 amide bonds. The van der Waals surface area contributed by atoms with E-state index in [1.807, 2.05) is 32.0 Å². The molecule has 0 bridgehead atoms. The van der Waals surface area contributed by atoms with Crippen molar-refractivity contribution in [2.75, 3.05) is 12.9 Å². The Kier molecular flexibility index (Phi) is 6.77. The summed E-state index contributed by atoms with van der Waals surface area (Å²) in [6, 6.07) is 10.1. The molecule has 1 heterocycles. The number of aryl methyl sites for hydroxylation is 2. The molecule has 1 unspecified atom stereocenters. The van der Waals surface area contributed by atoms with Crippen molar-refractivity contribution < 1.29 is 14.3 Å². The molecule has 1 atom stereocenters. The molecule has 8 heteroatoms. The number of ether oxygens (including phenoxy) is 1. The molecule has 2 N–H and O–H groups in total. The molecular formula is C21H20Cl2N2O3S. The average molecular weight is 451 g/mol. The summed E-state index contributed by atoms with van der Waals surface area (Å²) < 4.78 is 5.02. The summed E-state index contributed by atoms with van der Waals surface area (Å²) in [7, 11) is 1.32. The maximum absolute atomic E-state index is 12.7. The van der Waals surface area contributed by atoms with Gasteiger partial charge in [-0.15, -0.1) is 11.8 Å². The van der Waals surface area contributed by atoms with Gasteiger partial charge < -0.3 is 15.4 Å². The van der Waals surface area contributed by atoms with Crippen LogP contribution in [0.3, 0.4) is 0 Å². The van der Waals surface area contributed by atoms with Crippen LogP contribution in [0.4, 0.5) is 4.79 Å². The Morgan fingerprint density at radius 3 is 2.62 bits per heavy atom. The van der Waals surface area contributed by atoms with E-state index in [4.69, 9.17) is 27.9 Å². The normalized spacial score (nSPS) is 16.3. The number of nitrogens with one attached hydrogen (secondary N) is 2. The quantitative estimate of drug-likeness (QED) is 0.486. The number of rotatable bonds is 5. The summed E-state index contributed by atoms with van der Waals surface area (Å²) in [5, 5.41) is 6.69. The molecule has 0 saturated heterocycles. The molecule has 2 aromatic carbocycles. The van der Waals surface area contributed by atoms with Crippen molar-refractivity contribution >= 4 is 47.0 Å². The third-order valence-electron chi connectivity index (χ3n) is 4.56. The summed E-state index contributed by atoms with van der Waals surface area (Å²) in [5.74, 6) is -0.186. The third kappa shape index (κ3) is 4.89. The molecule has 3 rings (SSSR count). The Bertz CT molecular complexity index is 1010. The summed E-state index contributed by atoms with van der Waals surface area (Å²) in [6.07, 6.45) is 0. The van der Waals surface area contributed by atoms with Gasteiger partial charge in [0.2, 0.25) is 0 Å². The molecule has 0 fully saturated rings. The maximum atomic E-state index is 12.7. The van der Waals surface area contributed by atoms with Gasteiger partial charge in [-0.25, -0.2) is 9.59 Å². The van der Waals surface area contributed by atoms with Crippen molar-refractivity contribution in [3.8, 4) is 0 Å². The lowest BCUT2D eigenvalue weighted by molar-refractivity contribution is -0.136. The fraction of sp³-hybridized carbons (Fsp3) is 0.238. The molecule has 1 aliphatic rings. The Labute approximate surface area is 183 Å². The number of hydrogen-bond acceptors (Lipinski definition) is 4. The van der Waals surface area contributed by atoms with E-state index < -0.39 is 12.0 Å². The Morgan fingerprint density at radius 2 is 1.93 bits per heavy atom. The number of benzene rings is 2. The molecule has 152 valence electrons. The molecule has 0 saturated carbocycles. The summed E-state index contributed by atoms with van der Waals surface area (Å²) in [5.41, 5.74) is 3.76. The highest BCUT2D eigenvalue weighted by atomic mass is 35.5. The van der Waals surface area contributed by atoms with Crippen molar-refractivity contribution in [1.29, 1.82) is 0 Å². The van der Waals surface area contributed by atoms with Gasteiger partial charge in [0, 0.05) is 21.4 Å². The molecule has 1 aliphatic heterocycles. The number of thioether (sulfide) groups is 1. The van der Waals surface area contributed by atoms with Crippen LogP contribution in [0.1, 0.15) is 22.7 Å². The van der Waals surface area contributed by atoms with Crippen LogP contribution in [0.2, 0.25) is 10.0 Å². The second-order valence-electron chi connectivity index (χ2n) is 6.64. The van der Waals surface area contributed by atoms with Gasteiger partial charge in [-0.2, -0.15) is 0 Å². The zero-order chi connectivity index (χ0) is 21.1. The Hall–Kier alpha value is -2.15. The molecule has 0 radical (unpaired) electrons. The minimum atomic E-state index is -0.609. The second-order valence-corrected chi connectivity index (χ2v) is 8.50. The van der Waals surface area contributed by atoms with Crippen molar-refractivity contribution in [2.45, 2.75) is 24.8 Å².